The van der Waals surface area contributed by atoms with Crippen molar-refractivity contribution in [3.05, 3.63) is 48.5 Å². The van der Waals surface area contributed by atoms with Crippen LogP contribution >= 0.6 is 0 Å². The van der Waals surface area contributed by atoms with Crippen molar-refractivity contribution in [2.24, 2.45) is 0 Å². The summed E-state index contributed by atoms with van der Waals surface area (Å²) in [5, 5.41) is 10.3. The largest absolute Gasteiger partial charge is 0.508 e. The van der Waals surface area contributed by atoms with E-state index in [2.05, 4.69) is 9.97 Å². The van der Waals surface area contributed by atoms with Gasteiger partial charge in [0.05, 0.1) is 12.6 Å². The number of phenolic OH excluding ortho intramolecular Hbond substituents is 1. The van der Waals surface area contributed by atoms with Crippen molar-refractivity contribution in [3.63, 3.8) is 0 Å². The zero-order chi connectivity index (χ0) is 14.1. The zero-order valence-electron chi connectivity index (χ0n) is 10.7. The van der Waals surface area contributed by atoms with Crippen molar-refractivity contribution >= 4 is 10.9 Å². The molecule has 0 aliphatic rings. The Morgan fingerprint density at radius 1 is 1.15 bits per heavy atom. The first kappa shape index (κ1) is 12.3. The number of ether oxygens (including phenoxy) is 1. The normalized spacial score (nSPS) is 10.7. The van der Waals surface area contributed by atoms with Crippen LogP contribution in [-0.2, 0) is 0 Å². The first-order chi connectivity index (χ1) is 9.69. The lowest BCUT2D eigenvalue weighted by atomic mass is 10.0. The Kier molecular flexibility index (Phi) is 2.95. The molecule has 1 aromatic carbocycles. The van der Waals surface area contributed by atoms with E-state index in [9.17, 15) is 9.50 Å². The van der Waals surface area contributed by atoms with Gasteiger partial charge in [-0.2, -0.15) is 0 Å². The highest BCUT2D eigenvalue weighted by molar-refractivity contribution is 5.94. The van der Waals surface area contributed by atoms with E-state index in [1.54, 1.807) is 30.5 Å². The van der Waals surface area contributed by atoms with Gasteiger partial charge in [-0.05, 0) is 35.9 Å². The van der Waals surface area contributed by atoms with Gasteiger partial charge in [0.25, 0.3) is 0 Å². The molecule has 0 amide bonds. The summed E-state index contributed by atoms with van der Waals surface area (Å²) in [6.07, 6.45) is 3.16. The number of pyridine rings is 2. The second-order valence-electron chi connectivity index (χ2n) is 4.28. The lowest BCUT2D eigenvalue weighted by Gasteiger charge is -2.08. The molecule has 100 valence electrons. The third-order valence-electron chi connectivity index (χ3n) is 3.04. The maximum absolute atomic E-state index is 13.8. The Hall–Kier alpha value is -2.69. The highest BCUT2D eigenvalue weighted by Gasteiger charge is 2.10. The van der Waals surface area contributed by atoms with Crippen LogP contribution in [0.5, 0.6) is 11.6 Å². The van der Waals surface area contributed by atoms with E-state index >= 15 is 0 Å². The minimum Gasteiger partial charge on any atom is -0.508 e. The molecule has 5 heteroatoms. The Bertz CT molecular complexity index is 790. The van der Waals surface area contributed by atoms with Crippen LogP contribution in [0.1, 0.15) is 0 Å². The number of phenols is 1. The number of nitrogens with zero attached hydrogens (tertiary/aromatic N) is 2. The summed E-state index contributed by atoms with van der Waals surface area (Å²) in [6, 6.07) is 7.97. The van der Waals surface area contributed by atoms with Gasteiger partial charge < -0.3 is 9.84 Å². The molecule has 0 spiro atoms. The average molecular weight is 270 g/mol. The third kappa shape index (κ3) is 2.03. The van der Waals surface area contributed by atoms with Gasteiger partial charge >= 0.3 is 0 Å². The van der Waals surface area contributed by atoms with Crippen LogP contribution < -0.4 is 4.74 Å². The highest BCUT2D eigenvalue weighted by atomic mass is 19.1. The van der Waals surface area contributed by atoms with Gasteiger partial charge in [-0.25, -0.2) is 9.37 Å². The second kappa shape index (κ2) is 4.77. The van der Waals surface area contributed by atoms with Crippen molar-refractivity contribution < 1.29 is 14.2 Å². The monoisotopic (exact) mass is 270 g/mol. The number of halogens is 1. The average Bonchev–Trinajstić information content (AvgIpc) is 2.46. The van der Waals surface area contributed by atoms with Gasteiger partial charge in [0.1, 0.15) is 5.75 Å². The molecule has 0 unspecified atom stereocenters. The van der Waals surface area contributed by atoms with E-state index in [0.717, 1.165) is 16.5 Å². The van der Waals surface area contributed by atoms with Crippen molar-refractivity contribution in [1.29, 1.82) is 0 Å². The van der Waals surface area contributed by atoms with Crippen molar-refractivity contribution in [1.82, 2.24) is 9.97 Å². The van der Waals surface area contributed by atoms with Crippen LogP contribution in [0.2, 0.25) is 0 Å². The van der Waals surface area contributed by atoms with Gasteiger partial charge in [0.15, 0.2) is 5.82 Å². The first-order valence-corrected chi connectivity index (χ1v) is 5.96. The summed E-state index contributed by atoms with van der Waals surface area (Å²) in [7, 11) is 1.37. The Balaban J connectivity index is 2.24. The summed E-state index contributed by atoms with van der Waals surface area (Å²) in [5.74, 6) is -0.446. The number of hydrogen-bond acceptors (Lipinski definition) is 4. The molecule has 0 fully saturated rings. The summed E-state index contributed by atoms with van der Waals surface area (Å²) in [6.45, 7) is 0. The third-order valence-corrected chi connectivity index (χ3v) is 3.04. The van der Waals surface area contributed by atoms with E-state index in [-0.39, 0.29) is 11.6 Å². The lowest BCUT2D eigenvalue weighted by molar-refractivity contribution is 0.369. The van der Waals surface area contributed by atoms with Crippen LogP contribution in [0.3, 0.4) is 0 Å². The molecular formula is C15H11FN2O2. The summed E-state index contributed by atoms with van der Waals surface area (Å²) in [5.41, 5.74) is 2.07. The van der Waals surface area contributed by atoms with E-state index in [4.69, 9.17) is 4.74 Å². The van der Waals surface area contributed by atoms with Crippen molar-refractivity contribution in [2.75, 3.05) is 7.11 Å². The SMILES string of the molecule is COc1ncc(-c2ccnc3ccc(O)cc23)cc1F. The Morgan fingerprint density at radius 3 is 2.75 bits per heavy atom. The molecule has 2 heterocycles. The molecule has 3 aromatic rings. The van der Waals surface area contributed by atoms with Crippen molar-refractivity contribution in [2.45, 2.75) is 0 Å². The molecule has 4 nitrogen and oxygen atoms in total. The fourth-order valence-corrected chi connectivity index (χ4v) is 2.11. The predicted molar refractivity (Wildman–Crippen MR) is 73.1 cm³/mol. The standard InChI is InChI=1S/C15H11FN2O2/c1-20-15-13(16)6-9(8-18-15)11-4-5-17-14-3-2-10(19)7-12(11)14/h2-8,19H,1H3. The van der Waals surface area contributed by atoms with Crippen molar-refractivity contribution in [3.8, 4) is 22.8 Å². The molecule has 0 aliphatic heterocycles. The molecule has 0 bridgehead atoms. The molecule has 0 saturated carbocycles. The zero-order valence-corrected chi connectivity index (χ0v) is 10.7. The molecule has 20 heavy (non-hydrogen) atoms. The predicted octanol–water partition coefficient (Wildman–Crippen LogP) is 3.15. The molecule has 2 aromatic heterocycles. The number of methoxy groups -OCH3 is 1. The van der Waals surface area contributed by atoms with Crippen LogP contribution in [0, 0.1) is 5.82 Å². The summed E-state index contributed by atoms with van der Waals surface area (Å²) in [4.78, 5) is 8.14. The molecule has 0 atom stereocenters. The Morgan fingerprint density at radius 2 is 2.00 bits per heavy atom. The van der Waals surface area contributed by atoms with Gasteiger partial charge in [-0.3, -0.25) is 4.98 Å². The summed E-state index contributed by atoms with van der Waals surface area (Å²) >= 11 is 0. The van der Waals surface area contributed by atoms with Crippen LogP contribution in [0.15, 0.2) is 42.7 Å². The first-order valence-electron chi connectivity index (χ1n) is 5.96. The van der Waals surface area contributed by atoms with E-state index in [0.29, 0.717) is 5.56 Å². The quantitative estimate of drug-likeness (QED) is 0.777. The minimum absolute atomic E-state index is 0.0463. The summed E-state index contributed by atoms with van der Waals surface area (Å²) < 4.78 is 18.6. The molecule has 0 aliphatic carbocycles. The molecule has 0 radical (unpaired) electrons. The molecule has 1 N–H and O–H groups in total. The molecular weight excluding hydrogens is 259 g/mol. The number of rotatable bonds is 2. The van der Waals surface area contributed by atoms with Gasteiger partial charge in [-0.1, -0.05) is 0 Å². The Labute approximate surface area is 114 Å². The fourth-order valence-electron chi connectivity index (χ4n) is 2.11. The number of aromatic nitrogens is 2. The number of fused-ring (bicyclic) bond motifs is 1. The minimum atomic E-state index is -0.532. The number of hydrogen-bond donors (Lipinski definition) is 1. The maximum Gasteiger partial charge on any atom is 0.250 e. The van der Waals surface area contributed by atoms with E-state index in [1.165, 1.54) is 19.4 Å². The van der Waals surface area contributed by atoms with E-state index < -0.39 is 5.82 Å². The highest BCUT2D eigenvalue weighted by Crippen LogP contribution is 2.30. The van der Waals surface area contributed by atoms with Gasteiger partial charge in [0, 0.05) is 23.3 Å². The fraction of sp³-hybridized carbons (Fsp3) is 0.0667. The molecule has 3 rings (SSSR count). The van der Waals surface area contributed by atoms with Gasteiger partial charge in [0.2, 0.25) is 5.88 Å². The van der Waals surface area contributed by atoms with Crippen LogP contribution in [-0.4, -0.2) is 22.2 Å². The smallest absolute Gasteiger partial charge is 0.250 e. The van der Waals surface area contributed by atoms with E-state index in [1.807, 2.05) is 0 Å². The lowest BCUT2D eigenvalue weighted by Crippen LogP contribution is -1.93. The second-order valence-corrected chi connectivity index (χ2v) is 4.28. The molecule has 0 saturated heterocycles. The number of aromatic hydroxyl groups is 1. The topological polar surface area (TPSA) is 55.2 Å². The maximum atomic E-state index is 13.8. The van der Waals surface area contributed by atoms with Gasteiger partial charge in [-0.15, -0.1) is 0 Å². The van der Waals surface area contributed by atoms with Crippen LogP contribution in [0.25, 0.3) is 22.0 Å². The number of benzene rings is 1. The van der Waals surface area contributed by atoms with Crippen LogP contribution in [0.4, 0.5) is 4.39 Å².